The van der Waals surface area contributed by atoms with Crippen LogP contribution >= 0.6 is 11.6 Å². The Bertz CT molecular complexity index is 504. The van der Waals surface area contributed by atoms with Gasteiger partial charge in [0.05, 0.1) is 18.4 Å². The van der Waals surface area contributed by atoms with Crippen molar-refractivity contribution < 1.29 is 14.3 Å². The van der Waals surface area contributed by atoms with E-state index in [1.807, 2.05) is 0 Å². The summed E-state index contributed by atoms with van der Waals surface area (Å²) >= 11 is 6.14. The summed E-state index contributed by atoms with van der Waals surface area (Å²) in [4.78, 5) is 23.4. The number of Topliss-reactive ketones (excluding diaryl/α,β-unsaturated/α-hetero) is 1. The molecule has 0 spiro atoms. The molecule has 5 nitrogen and oxygen atoms in total. The molecule has 0 aliphatic heterocycles. The fourth-order valence-corrected chi connectivity index (χ4v) is 2.80. The van der Waals surface area contributed by atoms with Crippen LogP contribution in [0.5, 0.6) is 0 Å². The maximum atomic E-state index is 12.2. The Labute approximate surface area is 116 Å². The second kappa shape index (κ2) is 5.74. The Kier molecular flexibility index (Phi) is 4.24. The first-order chi connectivity index (χ1) is 9.04. The molecule has 1 aromatic rings. The van der Waals surface area contributed by atoms with Gasteiger partial charge in [0.25, 0.3) is 0 Å². The second-order valence-corrected chi connectivity index (χ2v) is 5.19. The number of ketones is 1. The number of ether oxygens (including phenoxy) is 1. The Hall–Kier alpha value is -1.36. The molecule has 1 aliphatic rings. The molecule has 6 heteroatoms. The van der Waals surface area contributed by atoms with Gasteiger partial charge in [0.1, 0.15) is 11.6 Å². The molecule has 0 atom stereocenters. The van der Waals surface area contributed by atoms with Crippen LogP contribution < -0.4 is 0 Å². The van der Waals surface area contributed by atoms with E-state index >= 15 is 0 Å². The topological polar surface area (TPSA) is 61.2 Å². The Morgan fingerprint density at radius 3 is 2.63 bits per heavy atom. The lowest BCUT2D eigenvalue weighted by molar-refractivity contribution is -0.139. The van der Waals surface area contributed by atoms with Crippen LogP contribution in [0.15, 0.2) is 0 Å². The van der Waals surface area contributed by atoms with Crippen molar-refractivity contribution in [1.29, 1.82) is 0 Å². The number of esters is 1. The van der Waals surface area contributed by atoms with Crippen molar-refractivity contribution in [2.45, 2.75) is 38.0 Å². The highest BCUT2D eigenvalue weighted by molar-refractivity contribution is 6.33. The number of hydrogen-bond donors (Lipinski definition) is 0. The van der Waals surface area contributed by atoms with Crippen molar-refractivity contribution in [2.75, 3.05) is 7.11 Å². The molecule has 0 aromatic carbocycles. The number of nitrogens with zero attached hydrogens (tertiary/aromatic N) is 2. The third-order valence-corrected chi connectivity index (χ3v) is 3.99. The van der Waals surface area contributed by atoms with Gasteiger partial charge in [0.15, 0.2) is 5.78 Å². The van der Waals surface area contributed by atoms with Crippen LogP contribution in [0.1, 0.15) is 54.1 Å². The number of methoxy groups -OCH3 is 1. The molecule has 0 amide bonds. The van der Waals surface area contributed by atoms with Crippen LogP contribution in [-0.4, -0.2) is 28.6 Å². The van der Waals surface area contributed by atoms with Gasteiger partial charge in [-0.3, -0.25) is 14.3 Å². The van der Waals surface area contributed by atoms with Crippen LogP contribution in [0.4, 0.5) is 0 Å². The number of carbonyl (C=O) groups is 2. The van der Waals surface area contributed by atoms with E-state index in [1.165, 1.54) is 11.8 Å². The van der Waals surface area contributed by atoms with E-state index in [0.29, 0.717) is 10.7 Å². The molecule has 19 heavy (non-hydrogen) atoms. The fourth-order valence-electron chi connectivity index (χ4n) is 2.56. The standard InChI is InChI=1S/C13H17ClN2O3/c1-16-13(14)11(9(17)7-10(18)19-2)12(15-16)8-5-3-4-6-8/h8H,3-7H2,1-2H3. The lowest BCUT2D eigenvalue weighted by Crippen LogP contribution is -2.12. The first-order valence-electron chi connectivity index (χ1n) is 6.37. The predicted molar refractivity (Wildman–Crippen MR) is 70.4 cm³/mol. The van der Waals surface area contributed by atoms with Crippen LogP contribution in [0, 0.1) is 0 Å². The smallest absolute Gasteiger partial charge is 0.313 e. The monoisotopic (exact) mass is 284 g/mol. The quantitative estimate of drug-likeness (QED) is 0.484. The molecule has 104 valence electrons. The second-order valence-electron chi connectivity index (χ2n) is 4.83. The van der Waals surface area contributed by atoms with Gasteiger partial charge in [0, 0.05) is 13.0 Å². The van der Waals surface area contributed by atoms with Gasteiger partial charge in [-0.05, 0) is 12.8 Å². The Balaban J connectivity index is 2.32. The summed E-state index contributed by atoms with van der Waals surface area (Å²) in [7, 11) is 2.97. The molecule has 0 radical (unpaired) electrons. The minimum absolute atomic E-state index is 0.273. The summed E-state index contributed by atoms with van der Waals surface area (Å²) in [5, 5.41) is 4.66. The zero-order valence-electron chi connectivity index (χ0n) is 11.1. The van der Waals surface area contributed by atoms with E-state index in [4.69, 9.17) is 11.6 Å². The minimum Gasteiger partial charge on any atom is -0.469 e. The molecule has 0 bridgehead atoms. The number of halogens is 1. The van der Waals surface area contributed by atoms with Crippen molar-refractivity contribution in [3.8, 4) is 0 Å². The first-order valence-corrected chi connectivity index (χ1v) is 6.74. The number of rotatable bonds is 4. The summed E-state index contributed by atoms with van der Waals surface area (Å²) in [6, 6.07) is 0. The van der Waals surface area contributed by atoms with Gasteiger partial charge in [0.2, 0.25) is 0 Å². The van der Waals surface area contributed by atoms with Crippen molar-refractivity contribution in [1.82, 2.24) is 9.78 Å². The van der Waals surface area contributed by atoms with E-state index in [-0.39, 0.29) is 18.1 Å². The summed E-state index contributed by atoms with van der Waals surface area (Å²) < 4.78 is 6.02. The molecule has 0 saturated heterocycles. The molecular weight excluding hydrogens is 268 g/mol. The number of aryl methyl sites for hydroxylation is 1. The van der Waals surface area contributed by atoms with Crippen LogP contribution in [0.25, 0.3) is 0 Å². The highest BCUT2D eigenvalue weighted by atomic mass is 35.5. The molecule has 1 saturated carbocycles. The Morgan fingerprint density at radius 2 is 2.05 bits per heavy atom. The van der Waals surface area contributed by atoms with E-state index in [1.54, 1.807) is 7.05 Å². The van der Waals surface area contributed by atoms with Crippen molar-refractivity contribution in [3.63, 3.8) is 0 Å². The number of hydrogen-bond acceptors (Lipinski definition) is 4. The van der Waals surface area contributed by atoms with Gasteiger partial charge in [-0.1, -0.05) is 24.4 Å². The maximum Gasteiger partial charge on any atom is 0.313 e. The molecule has 0 N–H and O–H groups in total. The molecular formula is C13H17ClN2O3. The molecule has 0 unspecified atom stereocenters. The molecule has 1 heterocycles. The molecule has 1 aromatic heterocycles. The molecule has 2 rings (SSSR count). The van der Waals surface area contributed by atoms with Crippen LogP contribution in [0.2, 0.25) is 5.15 Å². The summed E-state index contributed by atoms with van der Waals surface area (Å²) in [6.07, 6.45) is 4.03. The summed E-state index contributed by atoms with van der Waals surface area (Å²) in [5.74, 6) is -0.593. The first kappa shape index (κ1) is 14.1. The van der Waals surface area contributed by atoms with Crippen molar-refractivity contribution >= 4 is 23.4 Å². The van der Waals surface area contributed by atoms with E-state index < -0.39 is 5.97 Å². The van der Waals surface area contributed by atoms with Crippen LogP contribution in [0.3, 0.4) is 0 Å². The van der Waals surface area contributed by atoms with Crippen molar-refractivity contribution in [3.05, 3.63) is 16.4 Å². The SMILES string of the molecule is COC(=O)CC(=O)c1c(C2CCCC2)nn(C)c1Cl. The van der Waals surface area contributed by atoms with Gasteiger partial charge < -0.3 is 4.74 Å². The minimum atomic E-state index is -0.553. The summed E-state index contributed by atoms with van der Waals surface area (Å²) in [6.45, 7) is 0. The highest BCUT2D eigenvalue weighted by Gasteiger charge is 2.29. The van der Waals surface area contributed by atoms with Crippen LogP contribution in [-0.2, 0) is 16.6 Å². The third kappa shape index (κ3) is 2.81. The van der Waals surface area contributed by atoms with E-state index in [9.17, 15) is 9.59 Å². The lowest BCUT2D eigenvalue weighted by Gasteiger charge is -2.07. The van der Waals surface area contributed by atoms with Gasteiger partial charge in [-0.15, -0.1) is 0 Å². The molecule has 1 aliphatic carbocycles. The largest absolute Gasteiger partial charge is 0.469 e. The van der Waals surface area contributed by atoms with Gasteiger partial charge in [-0.2, -0.15) is 5.10 Å². The van der Waals surface area contributed by atoms with Gasteiger partial charge in [-0.25, -0.2) is 0 Å². The third-order valence-electron chi connectivity index (χ3n) is 3.56. The highest BCUT2D eigenvalue weighted by Crippen LogP contribution is 2.37. The summed E-state index contributed by atoms with van der Waals surface area (Å²) in [5.41, 5.74) is 1.13. The lowest BCUT2D eigenvalue weighted by atomic mass is 9.97. The Morgan fingerprint density at radius 1 is 1.42 bits per heavy atom. The number of aromatic nitrogens is 2. The fraction of sp³-hybridized carbons (Fsp3) is 0.615. The normalized spacial score (nSPS) is 15.7. The van der Waals surface area contributed by atoms with Gasteiger partial charge >= 0.3 is 5.97 Å². The average molecular weight is 285 g/mol. The predicted octanol–water partition coefficient (Wildman–Crippen LogP) is 2.48. The van der Waals surface area contributed by atoms with Crippen molar-refractivity contribution in [2.24, 2.45) is 7.05 Å². The maximum absolute atomic E-state index is 12.2. The molecule has 1 fully saturated rings. The van der Waals surface area contributed by atoms with E-state index in [0.717, 1.165) is 31.4 Å². The average Bonchev–Trinajstić information content (AvgIpc) is 2.98. The zero-order valence-corrected chi connectivity index (χ0v) is 11.9. The zero-order chi connectivity index (χ0) is 14.0. The number of carbonyl (C=O) groups excluding carboxylic acids is 2. The van der Waals surface area contributed by atoms with E-state index in [2.05, 4.69) is 9.84 Å².